The maximum absolute atomic E-state index is 12.7. The van der Waals surface area contributed by atoms with Crippen LogP contribution in [0.3, 0.4) is 0 Å². The van der Waals surface area contributed by atoms with Gasteiger partial charge < -0.3 is 15.0 Å². The number of carbonyl (C=O) groups is 1. The van der Waals surface area contributed by atoms with Gasteiger partial charge in [-0.25, -0.2) is 0 Å². The van der Waals surface area contributed by atoms with E-state index >= 15 is 0 Å². The van der Waals surface area contributed by atoms with E-state index in [-0.39, 0.29) is 5.91 Å². The predicted octanol–water partition coefficient (Wildman–Crippen LogP) is 2.95. The number of hydrogen-bond donors (Lipinski definition) is 1. The Morgan fingerprint density at radius 3 is 2.68 bits per heavy atom. The Morgan fingerprint density at radius 1 is 1.32 bits per heavy atom. The molecule has 5 heteroatoms. The number of carbonyl (C=O) groups excluding carboxylic acids is 1. The number of amides is 1. The summed E-state index contributed by atoms with van der Waals surface area (Å²) >= 11 is 5.96. The highest BCUT2D eigenvalue weighted by Crippen LogP contribution is 2.28. The Balaban J connectivity index is 1.57. The SMILES string of the molecule is COc1cc(Cl)ccc1C(=O)N1CCC(NCC2CC2)CC1. The van der Waals surface area contributed by atoms with Gasteiger partial charge in [-0.05, 0) is 56.3 Å². The van der Waals surface area contributed by atoms with E-state index < -0.39 is 0 Å². The highest BCUT2D eigenvalue weighted by Gasteiger charge is 2.27. The molecule has 0 radical (unpaired) electrons. The molecule has 2 aliphatic rings. The first kappa shape index (κ1) is 15.6. The van der Waals surface area contributed by atoms with Crippen LogP contribution in [0.5, 0.6) is 5.75 Å². The molecule has 1 aliphatic heterocycles. The van der Waals surface area contributed by atoms with Crippen molar-refractivity contribution in [2.24, 2.45) is 5.92 Å². The number of likely N-dealkylation sites (tertiary alicyclic amines) is 1. The Hall–Kier alpha value is -1.26. The highest BCUT2D eigenvalue weighted by molar-refractivity contribution is 6.30. The second-order valence-corrected chi connectivity index (χ2v) is 6.70. The van der Waals surface area contributed by atoms with Crippen molar-refractivity contribution in [3.05, 3.63) is 28.8 Å². The molecular formula is C17H23ClN2O2. The van der Waals surface area contributed by atoms with Gasteiger partial charge in [-0.1, -0.05) is 11.6 Å². The lowest BCUT2D eigenvalue weighted by molar-refractivity contribution is 0.0701. The molecule has 3 rings (SSSR count). The van der Waals surface area contributed by atoms with Crippen LogP contribution in [0.1, 0.15) is 36.0 Å². The van der Waals surface area contributed by atoms with Crippen LogP contribution >= 0.6 is 11.6 Å². The maximum Gasteiger partial charge on any atom is 0.257 e. The molecule has 0 atom stereocenters. The van der Waals surface area contributed by atoms with E-state index in [9.17, 15) is 4.79 Å². The van der Waals surface area contributed by atoms with Gasteiger partial charge in [0.15, 0.2) is 0 Å². The maximum atomic E-state index is 12.7. The van der Waals surface area contributed by atoms with Crippen LogP contribution in [0.25, 0.3) is 0 Å². The predicted molar refractivity (Wildman–Crippen MR) is 87.7 cm³/mol. The molecule has 1 aromatic carbocycles. The lowest BCUT2D eigenvalue weighted by atomic mass is 10.0. The molecule has 1 saturated carbocycles. The van der Waals surface area contributed by atoms with Crippen molar-refractivity contribution in [2.45, 2.75) is 31.7 Å². The summed E-state index contributed by atoms with van der Waals surface area (Å²) in [4.78, 5) is 14.6. The fourth-order valence-electron chi connectivity index (χ4n) is 2.95. The molecule has 1 aromatic rings. The molecule has 0 aromatic heterocycles. The van der Waals surface area contributed by atoms with Gasteiger partial charge in [0.2, 0.25) is 0 Å². The van der Waals surface area contributed by atoms with Crippen molar-refractivity contribution >= 4 is 17.5 Å². The number of methoxy groups -OCH3 is 1. The van der Waals surface area contributed by atoms with Gasteiger partial charge in [0, 0.05) is 24.2 Å². The summed E-state index contributed by atoms with van der Waals surface area (Å²) in [5.41, 5.74) is 0.594. The van der Waals surface area contributed by atoms with Crippen LogP contribution in [0.4, 0.5) is 0 Å². The summed E-state index contributed by atoms with van der Waals surface area (Å²) in [6.07, 6.45) is 4.80. The molecular weight excluding hydrogens is 300 g/mol. The summed E-state index contributed by atoms with van der Waals surface area (Å²) in [5, 5.41) is 4.21. The number of ether oxygens (including phenoxy) is 1. The monoisotopic (exact) mass is 322 g/mol. The molecule has 1 N–H and O–H groups in total. The van der Waals surface area contributed by atoms with E-state index in [2.05, 4.69) is 5.32 Å². The second-order valence-electron chi connectivity index (χ2n) is 6.26. The summed E-state index contributed by atoms with van der Waals surface area (Å²) in [7, 11) is 1.57. The van der Waals surface area contributed by atoms with E-state index in [4.69, 9.17) is 16.3 Å². The largest absolute Gasteiger partial charge is 0.496 e. The zero-order valence-electron chi connectivity index (χ0n) is 13.0. The lowest BCUT2D eigenvalue weighted by Crippen LogP contribution is -2.45. The molecule has 0 spiro atoms. The third kappa shape index (κ3) is 3.73. The van der Waals surface area contributed by atoms with Crippen LogP contribution in [0.15, 0.2) is 18.2 Å². The minimum absolute atomic E-state index is 0.0363. The minimum Gasteiger partial charge on any atom is -0.496 e. The summed E-state index contributed by atoms with van der Waals surface area (Å²) in [6, 6.07) is 5.73. The fourth-order valence-corrected chi connectivity index (χ4v) is 3.12. The second kappa shape index (κ2) is 6.88. The standard InChI is InChI=1S/C17H23ClN2O2/c1-22-16-10-13(18)4-5-15(16)17(21)20-8-6-14(7-9-20)19-11-12-2-3-12/h4-5,10,12,14,19H,2-3,6-9,11H2,1H3. The van der Waals surface area contributed by atoms with E-state index in [1.165, 1.54) is 12.8 Å². The van der Waals surface area contributed by atoms with Gasteiger partial charge in [0.25, 0.3) is 5.91 Å². The molecule has 1 aliphatic carbocycles. The van der Waals surface area contributed by atoms with E-state index in [1.54, 1.807) is 25.3 Å². The Morgan fingerprint density at radius 2 is 2.05 bits per heavy atom. The molecule has 120 valence electrons. The molecule has 1 amide bonds. The summed E-state index contributed by atoms with van der Waals surface area (Å²) in [5.74, 6) is 1.48. The number of piperidine rings is 1. The zero-order valence-corrected chi connectivity index (χ0v) is 13.7. The van der Waals surface area contributed by atoms with Crippen molar-refractivity contribution in [1.82, 2.24) is 10.2 Å². The lowest BCUT2D eigenvalue weighted by Gasteiger charge is -2.33. The smallest absolute Gasteiger partial charge is 0.257 e. The molecule has 0 bridgehead atoms. The number of rotatable bonds is 5. The Kier molecular flexibility index (Phi) is 4.89. The Labute approximate surface area is 136 Å². The first-order chi connectivity index (χ1) is 10.7. The third-order valence-corrected chi connectivity index (χ3v) is 4.80. The van der Waals surface area contributed by atoms with Crippen LogP contribution in [-0.4, -0.2) is 43.6 Å². The molecule has 4 nitrogen and oxygen atoms in total. The van der Waals surface area contributed by atoms with Gasteiger partial charge in [-0.3, -0.25) is 4.79 Å². The van der Waals surface area contributed by atoms with Crippen molar-refractivity contribution in [3.63, 3.8) is 0 Å². The fraction of sp³-hybridized carbons (Fsp3) is 0.588. The number of hydrogen-bond acceptors (Lipinski definition) is 3. The summed E-state index contributed by atoms with van der Waals surface area (Å²) in [6.45, 7) is 2.74. The van der Waals surface area contributed by atoms with Gasteiger partial charge in [-0.15, -0.1) is 0 Å². The average Bonchev–Trinajstić information content (AvgIpc) is 3.37. The van der Waals surface area contributed by atoms with Crippen molar-refractivity contribution < 1.29 is 9.53 Å². The van der Waals surface area contributed by atoms with Gasteiger partial charge in [0.1, 0.15) is 5.75 Å². The highest BCUT2D eigenvalue weighted by atomic mass is 35.5. The quantitative estimate of drug-likeness (QED) is 0.906. The van der Waals surface area contributed by atoms with Crippen LogP contribution < -0.4 is 10.1 Å². The minimum atomic E-state index is 0.0363. The molecule has 2 fully saturated rings. The van der Waals surface area contributed by atoms with Crippen LogP contribution in [0.2, 0.25) is 5.02 Å². The molecule has 1 saturated heterocycles. The first-order valence-corrected chi connectivity index (χ1v) is 8.41. The first-order valence-electron chi connectivity index (χ1n) is 8.03. The average molecular weight is 323 g/mol. The number of benzene rings is 1. The van der Waals surface area contributed by atoms with E-state index in [1.807, 2.05) is 4.90 Å². The van der Waals surface area contributed by atoms with E-state index in [0.717, 1.165) is 38.4 Å². The van der Waals surface area contributed by atoms with Crippen LogP contribution in [0, 0.1) is 5.92 Å². The topological polar surface area (TPSA) is 41.6 Å². The Bertz CT molecular complexity index is 537. The van der Waals surface area contributed by atoms with Crippen LogP contribution in [-0.2, 0) is 0 Å². The molecule has 22 heavy (non-hydrogen) atoms. The number of nitrogens with zero attached hydrogens (tertiary/aromatic N) is 1. The number of halogens is 1. The number of nitrogens with one attached hydrogen (secondary N) is 1. The van der Waals surface area contributed by atoms with Gasteiger partial charge >= 0.3 is 0 Å². The zero-order chi connectivity index (χ0) is 15.5. The molecule has 1 heterocycles. The summed E-state index contributed by atoms with van der Waals surface area (Å²) < 4.78 is 5.29. The van der Waals surface area contributed by atoms with Crippen molar-refractivity contribution in [3.8, 4) is 5.75 Å². The third-order valence-electron chi connectivity index (χ3n) is 4.57. The van der Waals surface area contributed by atoms with Gasteiger partial charge in [0.05, 0.1) is 12.7 Å². The van der Waals surface area contributed by atoms with Gasteiger partial charge in [-0.2, -0.15) is 0 Å². The van der Waals surface area contributed by atoms with E-state index in [0.29, 0.717) is 22.4 Å². The molecule has 0 unspecified atom stereocenters. The van der Waals surface area contributed by atoms with Crippen molar-refractivity contribution in [1.29, 1.82) is 0 Å². The van der Waals surface area contributed by atoms with Crippen molar-refractivity contribution in [2.75, 3.05) is 26.7 Å². The normalized spacial score (nSPS) is 19.3.